The van der Waals surface area contributed by atoms with Crippen LogP contribution >= 0.6 is 11.3 Å². The van der Waals surface area contributed by atoms with Crippen LogP contribution in [0.4, 0.5) is 10.8 Å². The van der Waals surface area contributed by atoms with Crippen LogP contribution in [-0.2, 0) is 12.8 Å². The van der Waals surface area contributed by atoms with Crippen molar-refractivity contribution in [2.75, 3.05) is 5.32 Å². The number of aromatic nitrogens is 2. The molecule has 0 aliphatic heterocycles. The molecule has 0 spiro atoms. The van der Waals surface area contributed by atoms with Crippen molar-refractivity contribution in [1.29, 1.82) is 5.26 Å². The van der Waals surface area contributed by atoms with Crippen molar-refractivity contribution in [2.24, 2.45) is 0 Å². The number of anilines is 2. The van der Waals surface area contributed by atoms with E-state index in [-0.39, 0.29) is 0 Å². The number of thiazole rings is 1. The van der Waals surface area contributed by atoms with Gasteiger partial charge in [0.15, 0.2) is 5.13 Å². The normalized spacial score (nSPS) is 13.7. The van der Waals surface area contributed by atoms with Crippen LogP contribution in [0.25, 0.3) is 0 Å². The lowest BCUT2D eigenvalue weighted by molar-refractivity contribution is 0.683. The van der Waals surface area contributed by atoms with Crippen molar-refractivity contribution in [2.45, 2.75) is 39.5 Å². The first-order chi connectivity index (χ1) is 9.67. The number of hydrogen-bond acceptors (Lipinski definition) is 5. The van der Waals surface area contributed by atoms with E-state index in [1.807, 2.05) is 19.9 Å². The SMILES string of the molecule is Cc1cc(Nc2nc3c(s2)CCCC3)c(C#N)c(C)n1. The summed E-state index contributed by atoms with van der Waals surface area (Å²) in [5.74, 6) is 0. The molecule has 2 heterocycles. The van der Waals surface area contributed by atoms with E-state index in [4.69, 9.17) is 0 Å². The summed E-state index contributed by atoms with van der Waals surface area (Å²) >= 11 is 1.71. The van der Waals surface area contributed by atoms with Gasteiger partial charge in [0.05, 0.1) is 22.6 Å². The number of fused-ring (bicyclic) bond motifs is 1. The molecule has 1 aliphatic rings. The zero-order valence-corrected chi connectivity index (χ0v) is 12.5. The Bertz CT molecular complexity index is 673. The highest BCUT2D eigenvalue weighted by Crippen LogP contribution is 2.32. The van der Waals surface area contributed by atoms with Crippen LogP contribution in [0.5, 0.6) is 0 Å². The Kier molecular flexibility index (Phi) is 3.41. The first-order valence-corrected chi connectivity index (χ1v) is 7.63. The van der Waals surface area contributed by atoms with E-state index in [2.05, 4.69) is 21.4 Å². The highest BCUT2D eigenvalue weighted by Gasteiger charge is 2.16. The molecule has 2 aromatic rings. The summed E-state index contributed by atoms with van der Waals surface area (Å²) in [7, 11) is 0. The van der Waals surface area contributed by atoms with Crippen LogP contribution in [0.2, 0.25) is 0 Å². The summed E-state index contributed by atoms with van der Waals surface area (Å²) in [5.41, 5.74) is 4.30. The minimum atomic E-state index is 0.601. The molecule has 0 saturated heterocycles. The third-order valence-corrected chi connectivity index (χ3v) is 4.60. The van der Waals surface area contributed by atoms with Gasteiger partial charge in [-0.25, -0.2) is 4.98 Å². The van der Waals surface area contributed by atoms with Gasteiger partial charge in [-0.2, -0.15) is 5.26 Å². The second-order valence-corrected chi connectivity index (χ2v) is 6.19. The van der Waals surface area contributed by atoms with E-state index in [0.29, 0.717) is 5.56 Å². The predicted octanol–water partition coefficient (Wildman–Crippen LogP) is 3.65. The first-order valence-electron chi connectivity index (χ1n) is 6.81. The third kappa shape index (κ3) is 2.39. The number of nitriles is 1. The largest absolute Gasteiger partial charge is 0.330 e. The molecule has 0 atom stereocenters. The Morgan fingerprint density at radius 3 is 2.80 bits per heavy atom. The zero-order chi connectivity index (χ0) is 14.1. The lowest BCUT2D eigenvalue weighted by Gasteiger charge is -2.08. The Morgan fingerprint density at radius 2 is 2.05 bits per heavy atom. The lowest BCUT2D eigenvalue weighted by Crippen LogP contribution is -2.00. The van der Waals surface area contributed by atoms with Crippen molar-refractivity contribution in [3.8, 4) is 6.07 Å². The molecule has 20 heavy (non-hydrogen) atoms. The maximum absolute atomic E-state index is 9.28. The van der Waals surface area contributed by atoms with Crippen LogP contribution in [0.1, 0.15) is 40.4 Å². The first kappa shape index (κ1) is 13.1. The molecule has 3 rings (SSSR count). The smallest absolute Gasteiger partial charge is 0.187 e. The number of nitrogens with zero attached hydrogens (tertiary/aromatic N) is 3. The van der Waals surface area contributed by atoms with Crippen LogP contribution in [0.15, 0.2) is 6.07 Å². The molecule has 0 fully saturated rings. The molecule has 2 aromatic heterocycles. The van der Waals surface area contributed by atoms with Gasteiger partial charge in [0.25, 0.3) is 0 Å². The number of hydrogen-bond donors (Lipinski definition) is 1. The van der Waals surface area contributed by atoms with E-state index in [1.165, 1.54) is 23.4 Å². The standard InChI is InChI=1S/C15H16N4S/c1-9-7-13(11(8-16)10(2)17-9)19-15-18-12-5-3-4-6-14(12)20-15/h7H,3-6H2,1-2H3,(H,17,18,19). The van der Waals surface area contributed by atoms with Gasteiger partial charge in [0, 0.05) is 10.6 Å². The molecule has 0 aromatic carbocycles. The van der Waals surface area contributed by atoms with Gasteiger partial charge >= 0.3 is 0 Å². The summed E-state index contributed by atoms with van der Waals surface area (Å²) < 4.78 is 0. The fourth-order valence-electron chi connectivity index (χ4n) is 2.59. The Hall–Kier alpha value is -1.93. The molecule has 0 radical (unpaired) electrons. The Morgan fingerprint density at radius 1 is 1.25 bits per heavy atom. The second kappa shape index (κ2) is 5.22. The number of rotatable bonds is 2. The molecule has 5 heteroatoms. The topological polar surface area (TPSA) is 61.6 Å². The van der Waals surface area contributed by atoms with Gasteiger partial charge < -0.3 is 5.32 Å². The average molecular weight is 284 g/mol. The molecule has 4 nitrogen and oxygen atoms in total. The van der Waals surface area contributed by atoms with Crippen molar-refractivity contribution < 1.29 is 0 Å². The van der Waals surface area contributed by atoms with Crippen molar-refractivity contribution >= 4 is 22.2 Å². The van der Waals surface area contributed by atoms with Crippen molar-refractivity contribution in [3.63, 3.8) is 0 Å². The summed E-state index contributed by atoms with van der Waals surface area (Å²) in [5, 5.41) is 13.5. The summed E-state index contributed by atoms with van der Waals surface area (Å²) in [4.78, 5) is 10.4. The maximum Gasteiger partial charge on any atom is 0.187 e. The molecule has 0 bridgehead atoms. The summed E-state index contributed by atoms with van der Waals surface area (Å²) in [6.45, 7) is 3.80. The Labute approximate surface area is 122 Å². The maximum atomic E-state index is 9.28. The molecule has 1 aliphatic carbocycles. The predicted molar refractivity (Wildman–Crippen MR) is 80.5 cm³/mol. The summed E-state index contributed by atoms with van der Waals surface area (Å²) in [6.07, 6.45) is 4.69. The zero-order valence-electron chi connectivity index (χ0n) is 11.7. The van der Waals surface area contributed by atoms with Gasteiger partial charge in [-0.15, -0.1) is 11.3 Å². The molecular formula is C15H16N4S. The van der Waals surface area contributed by atoms with Crippen molar-refractivity contribution in [1.82, 2.24) is 9.97 Å². The monoisotopic (exact) mass is 284 g/mol. The third-order valence-electron chi connectivity index (χ3n) is 3.53. The molecule has 0 unspecified atom stereocenters. The van der Waals surface area contributed by atoms with Gasteiger partial charge in [0.2, 0.25) is 0 Å². The van der Waals surface area contributed by atoms with E-state index in [1.54, 1.807) is 11.3 Å². The van der Waals surface area contributed by atoms with Gasteiger partial charge in [-0.05, 0) is 45.6 Å². The fourth-order valence-corrected chi connectivity index (χ4v) is 3.65. The number of nitrogens with one attached hydrogen (secondary N) is 1. The molecule has 1 N–H and O–H groups in total. The molecule has 0 saturated carbocycles. The van der Waals surface area contributed by atoms with E-state index in [9.17, 15) is 5.26 Å². The highest BCUT2D eigenvalue weighted by molar-refractivity contribution is 7.15. The quantitative estimate of drug-likeness (QED) is 0.914. The van der Waals surface area contributed by atoms with Crippen LogP contribution < -0.4 is 5.32 Å². The number of aryl methyl sites for hydroxylation is 4. The van der Waals surface area contributed by atoms with Gasteiger partial charge in [0.1, 0.15) is 6.07 Å². The molecule has 102 valence electrons. The van der Waals surface area contributed by atoms with Crippen LogP contribution in [0, 0.1) is 25.2 Å². The van der Waals surface area contributed by atoms with Gasteiger partial charge in [-0.1, -0.05) is 0 Å². The molecule has 0 amide bonds. The minimum absolute atomic E-state index is 0.601. The van der Waals surface area contributed by atoms with E-state index >= 15 is 0 Å². The Balaban J connectivity index is 1.95. The summed E-state index contributed by atoms with van der Waals surface area (Å²) in [6, 6.07) is 4.13. The minimum Gasteiger partial charge on any atom is -0.330 e. The molecular weight excluding hydrogens is 268 g/mol. The average Bonchev–Trinajstić information content (AvgIpc) is 2.80. The fraction of sp³-hybridized carbons (Fsp3) is 0.400. The lowest BCUT2D eigenvalue weighted by atomic mass is 10.0. The highest BCUT2D eigenvalue weighted by atomic mass is 32.1. The van der Waals surface area contributed by atoms with E-state index in [0.717, 1.165) is 35.0 Å². The number of pyridine rings is 1. The van der Waals surface area contributed by atoms with E-state index < -0.39 is 0 Å². The van der Waals surface area contributed by atoms with Crippen LogP contribution in [0.3, 0.4) is 0 Å². The van der Waals surface area contributed by atoms with Crippen molar-refractivity contribution in [3.05, 3.63) is 33.6 Å². The van der Waals surface area contributed by atoms with Gasteiger partial charge in [-0.3, -0.25) is 4.98 Å². The van der Waals surface area contributed by atoms with Crippen LogP contribution in [-0.4, -0.2) is 9.97 Å². The second-order valence-electron chi connectivity index (χ2n) is 5.10.